The van der Waals surface area contributed by atoms with Gasteiger partial charge in [0.25, 0.3) is 11.5 Å². The Morgan fingerprint density at radius 2 is 2.04 bits per heavy atom. The first-order valence-corrected chi connectivity index (χ1v) is 9.89. The van der Waals surface area contributed by atoms with Gasteiger partial charge in [0.2, 0.25) is 0 Å². The number of pyridine rings is 1. The molecule has 0 N–H and O–H groups in total. The zero-order chi connectivity index (χ0) is 16.8. The maximum atomic E-state index is 12.9. The van der Waals surface area contributed by atoms with Crippen molar-refractivity contribution in [1.82, 2.24) is 9.47 Å². The first-order chi connectivity index (χ1) is 10.8. The third-order valence-electron chi connectivity index (χ3n) is 4.73. The fourth-order valence-corrected chi connectivity index (χ4v) is 5.00. The molecule has 1 aliphatic heterocycles. The minimum absolute atomic E-state index is 0.00469. The molecule has 1 saturated carbocycles. The van der Waals surface area contributed by atoms with E-state index in [1.807, 2.05) is 6.92 Å². The second-order valence-electron chi connectivity index (χ2n) is 6.47. The van der Waals surface area contributed by atoms with Crippen molar-refractivity contribution >= 4 is 15.7 Å². The lowest BCUT2D eigenvalue weighted by atomic mass is 10.1. The molecule has 23 heavy (non-hydrogen) atoms. The van der Waals surface area contributed by atoms with Gasteiger partial charge in [-0.25, -0.2) is 8.42 Å². The lowest BCUT2D eigenvalue weighted by molar-refractivity contribution is 0.0705. The SMILES string of the molecule is CCN(C(=O)c1c(C)ccn(C2CC2)c1=O)C1CCS(=O)(=O)C1. The number of carbonyl (C=O) groups excluding carboxylic acids is 1. The van der Waals surface area contributed by atoms with Crippen molar-refractivity contribution in [3.63, 3.8) is 0 Å². The molecule has 126 valence electrons. The number of rotatable bonds is 4. The maximum absolute atomic E-state index is 12.9. The van der Waals surface area contributed by atoms with E-state index in [1.165, 1.54) is 0 Å². The van der Waals surface area contributed by atoms with E-state index in [9.17, 15) is 18.0 Å². The van der Waals surface area contributed by atoms with Crippen molar-refractivity contribution in [2.75, 3.05) is 18.1 Å². The smallest absolute Gasteiger partial charge is 0.263 e. The summed E-state index contributed by atoms with van der Waals surface area (Å²) in [7, 11) is -3.08. The number of hydrogen-bond donors (Lipinski definition) is 0. The molecule has 1 unspecified atom stereocenters. The highest BCUT2D eigenvalue weighted by atomic mass is 32.2. The maximum Gasteiger partial charge on any atom is 0.263 e. The predicted octanol–water partition coefficient (Wildman–Crippen LogP) is 1.14. The largest absolute Gasteiger partial charge is 0.335 e. The summed E-state index contributed by atoms with van der Waals surface area (Å²) in [6.07, 6.45) is 4.14. The molecular formula is C16H22N2O4S. The summed E-state index contributed by atoms with van der Waals surface area (Å²) in [5.41, 5.74) is 0.582. The molecule has 1 atom stereocenters. The molecule has 0 bridgehead atoms. The first-order valence-electron chi connectivity index (χ1n) is 8.07. The Morgan fingerprint density at radius 1 is 1.35 bits per heavy atom. The van der Waals surface area contributed by atoms with Gasteiger partial charge in [0, 0.05) is 24.8 Å². The molecule has 2 aliphatic rings. The van der Waals surface area contributed by atoms with Gasteiger partial charge >= 0.3 is 0 Å². The molecule has 3 rings (SSSR count). The monoisotopic (exact) mass is 338 g/mol. The molecule has 2 heterocycles. The van der Waals surface area contributed by atoms with Crippen LogP contribution in [0.25, 0.3) is 0 Å². The van der Waals surface area contributed by atoms with Crippen LogP contribution >= 0.6 is 0 Å². The highest BCUT2D eigenvalue weighted by Crippen LogP contribution is 2.33. The molecule has 1 saturated heterocycles. The molecule has 7 heteroatoms. The van der Waals surface area contributed by atoms with Crippen LogP contribution < -0.4 is 5.56 Å². The van der Waals surface area contributed by atoms with Crippen molar-refractivity contribution in [3.05, 3.63) is 33.7 Å². The van der Waals surface area contributed by atoms with Crippen LogP contribution in [0.4, 0.5) is 0 Å². The number of aryl methyl sites for hydroxylation is 1. The van der Waals surface area contributed by atoms with Crippen molar-refractivity contribution in [3.8, 4) is 0 Å². The third kappa shape index (κ3) is 3.06. The van der Waals surface area contributed by atoms with E-state index >= 15 is 0 Å². The molecule has 2 fully saturated rings. The van der Waals surface area contributed by atoms with Crippen molar-refractivity contribution in [2.45, 2.75) is 45.2 Å². The van der Waals surface area contributed by atoms with Crippen LogP contribution in [0, 0.1) is 6.92 Å². The van der Waals surface area contributed by atoms with Gasteiger partial charge in [0.05, 0.1) is 11.5 Å². The predicted molar refractivity (Wildman–Crippen MR) is 87.5 cm³/mol. The summed E-state index contributed by atoms with van der Waals surface area (Å²) >= 11 is 0. The fourth-order valence-electron chi connectivity index (χ4n) is 3.27. The molecule has 1 aliphatic carbocycles. The number of hydrogen-bond acceptors (Lipinski definition) is 4. The van der Waals surface area contributed by atoms with Crippen molar-refractivity contribution in [1.29, 1.82) is 0 Å². The van der Waals surface area contributed by atoms with Crippen molar-refractivity contribution in [2.24, 2.45) is 0 Å². The van der Waals surface area contributed by atoms with E-state index in [2.05, 4.69) is 0 Å². The Balaban J connectivity index is 1.95. The zero-order valence-corrected chi connectivity index (χ0v) is 14.3. The van der Waals surface area contributed by atoms with Gasteiger partial charge in [0.15, 0.2) is 9.84 Å². The quantitative estimate of drug-likeness (QED) is 0.825. The van der Waals surface area contributed by atoms with Gasteiger partial charge in [-0.1, -0.05) is 0 Å². The second-order valence-corrected chi connectivity index (χ2v) is 8.69. The Hall–Kier alpha value is -1.63. The summed E-state index contributed by atoms with van der Waals surface area (Å²) in [5.74, 6) is -0.233. The lowest BCUT2D eigenvalue weighted by Crippen LogP contribution is -2.44. The molecule has 1 amide bonds. The zero-order valence-electron chi connectivity index (χ0n) is 13.5. The van der Waals surface area contributed by atoms with E-state index in [4.69, 9.17) is 0 Å². The number of aromatic nitrogens is 1. The Kier molecular flexibility index (Phi) is 4.08. The summed E-state index contributed by atoms with van der Waals surface area (Å²) < 4.78 is 25.0. The van der Waals surface area contributed by atoms with Crippen molar-refractivity contribution < 1.29 is 13.2 Å². The molecule has 1 aromatic heterocycles. The Morgan fingerprint density at radius 3 is 2.57 bits per heavy atom. The molecular weight excluding hydrogens is 316 g/mol. The Bertz CT molecular complexity index is 793. The van der Waals surface area contributed by atoms with E-state index in [0.717, 1.165) is 12.8 Å². The number of sulfone groups is 1. The highest BCUT2D eigenvalue weighted by molar-refractivity contribution is 7.91. The normalized spacial score (nSPS) is 23.0. The van der Waals surface area contributed by atoms with Gasteiger partial charge in [-0.2, -0.15) is 0 Å². The van der Waals surface area contributed by atoms with Gasteiger partial charge < -0.3 is 9.47 Å². The van der Waals surface area contributed by atoms with Crippen LogP contribution in [-0.2, 0) is 9.84 Å². The van der Waals surface area contributed by atoms with E-state index < -0.39 is 9.84 Å². The number of nitrogens with zero attached hydrogens (tertiary/aromatic N) is 2. The van der Waals surface area contributed by atoms with Gasteiger partial charge in [-0.15, -0.1) is 0 Å². The molecule has 1 aromatic rings. The van der Waals surface area contributed by atoms with Crippen LogP contribution in [0.5, 0.6) is 0 Å². The van der Waals surface area contributed by atoms with Crippen LogP contribution in [0.2, 0.25) is 0 Å². The molecule has 0 spiro atoms. The van der Waals surface area contributed by atoms with E-state index in [1.54, 1.807) is 28.7 Å². The topological polar surface area (TPSA) is 76.5 Å². The number of amides is 1. The van der Waals surface area contributed by atoms with Gasteiger partial charge in [0.1, 0.15) is 5.56 Å². The summed E-state index contributed by atoms with van der Waals surface area (Å²) in [6.45, 7) is 3.97. The average Bonchev–Trinajstić information content (AvgIpc) is 3.24. The minimum atomic E-state index is -3.08. The van der Waals surface area contributed by atoms with Gasteiger partial charge in [-0.3, -0.25) is 9.59 Å². The van der Waals surface area contributed by atoms with Gasteiger partial charge in [-0.05, 0) is 44.7 Å². The average molecular weight is 338 g/mol. The lowest BCUT2D eigenvalue weighted by Gasteiger charge is -2.27. The summed E-state index contributed by atoms with van der Waals surface area (Å²) in [4.78, 5) is 27.1. The number of carbonyl (C=O) groups is 1. The fraction of sp³-hybridized carbons (Fsp3) is 0.625. The van der Waals surface area contributed by atoms with Crippen LogP contribution in [0.3, 0.4) is 0 Å². The standard InChI is InChI=1S/C16H22N2O4S/c1-3-17(13-7-9-23(21,22)10-13)15(19)14-11(2)6-8-18(16(14)20)12-4-5-12/h6,8,12-13H,3-5,7,9-10H2,1-2H3. The van der Waals surface area contributed by atoms with Crippen LogP contribution in [0.15, 0.2) is 17.1 Å². The first kappa shape index (κ1) is 16.2. The molecule has 0 radical (unpaired) electrons. The molecule has 6 nitrogen and oxygen atoms in total. The summed E-state index contributed by atoms with van der Waals surface area (Å²) in [6, 6.07) is 1.68. The third-order valence-corrected chi connectivity index (χ3v) is 6.48. The second kappa shape index (κ2) is 5.78. The van der Waals surface area contributed by atoms with Crippen LogP contribution in [-0.4, -0.2) is 47.9 Å². The van der Waals surface area contributed by atoms with E-state index in [0.29, 0.717) is 18.5 Å². The minimum Gasteiger partial charge on any atom is -0.335 e. The Labute approximate surface area is 136 Å². The molecule has 0 aromatic carbocycles. The highest BCUT2D eigenvalue weighted by Gasteiger charge is 2.36. The summed E-state index contributed by atoms with van der Waals surface area (Å²) in [5, 5.41) is 0. The van der Waals surface area contributed by atoms with Crippen LogP contribution in [0.1, 0.15) is 48.1 Å². The van der Waals surface area contributed by atoms with E-state index in [-0.39, 0.29) is 40.6 Å².